The molecule has 1 aliphatic rings. The highest BCUT2D eigenvalue weighted by Gasteiger charge is 2.25. The number of carbonyl (C=O) groups is 1. The summed E-state index contributed by atoms with van der Waals surface area (Å²) in [6.07, 6.45) is 4.89. The number of aromatic nitrogens is 1. The fourth-order valence-electron chi connectivity index (χ4n) is 4.05. The van der Waals surface area contributed by atoms with Crippen LogP contribution in [0.5, 0.6) is 5.75 Å². The van der Waals surface area contributed by atoms with Crippen LogP contribution < -0.4 is 9.64 Å². The summed E-state index contributed by atoms with van der Waals surface area (Å²) in [6, 6.07) is 22.8. The van der Waals surface area contributed by atoms with Crippen LogP contribution in [0.3, 0.4) is 0 Å². The van der Waals surface area contributed by atoms with Crippen molar-refractivity contribution in [2.24, 2.45) is 0 Å². The van der Waals surface area contributed by atoms with Crippen molar-refractivity contribution in [3.8, 4) is 5.75 Å². The number of ether oxygens (including phenoxy) is 1. The Balaban J connectivity index is 1.34. The lowest BCUT2D eigenvalue weighted by atomic mass is 10.1. The number of carboxylic acid groups (broad SMARTS) is 1. The number of hydrogen-bond acceptors (Lipinski definition) is 5. The van der Waals surface area contributed by atoms with Gasteiger partial charge >= 0.3 is 5.97 Å². The molecule has 32 heavy (non-hydrogen) atoms. The van der Waals surface area contributed by atoms with Crippen molar-refractivity contribution >= 4 is 23.4 Å². The summed E-state index contributed by atoms with van der Waals surface area (Å²) in [7, 11) is 0. The molecule has 5 nitrogen and oxygen atoms in total. The summed E-state index contributed by atoms with van der Waals surface area (Å²) in [5.41, 5.74) is 3.48. The van der Waals surface area contributed by atoms with E-state index in [1.54, 1.807) is 11.8 Å². The fourth-order valence-corrected chi connectivity index (χ4v) is 4.99. The minimum atomic E-state index is -0.725. The zero-order valence-corrected chi connectivity index (χ0v) is 18.8. The van der Waals surface area contributed by atoms with E-state index >= 15 is 0 Å². The van der Waals surface area contributed by atoms with Gasteiger partial charge in [0.2, 0.25) is 0 Å². The van der Waals surface area contributed by atoms with E-state index < -0.39 is 5.97 Å². The number of aliphatic carboxylic acids is 1. The fraction of sp³-hybridized carbons (Fsp3) is 0.308. The molecule has 0 radical (unpaired) electrons. The maximum Gasteiger partial charge on any atom is 0.303 e. The van der Waals surface area contributed by atoms with Gasteiger partial charge in [-0.25, -0.2) is 4.98 Å². The summed E-state index contributed by atoms with van der Waals surface area (Å²) in [4.78, 5) is 17.8. The molecule has 2 heterocycles. The molecule has 0 amide bonds. The van der Waals surface area contributed by atoms with Gasteiger partial charge in [-0.3, -0.25) is 4.79 Å². The largest absolute Gasteiger partial charge is 0.489 e. The molecule has 166 valence electrons. The monoisotopic (exact) mass is 448 g/mol. The van der Waals surface area contributed by atoms with Gasteiger partial charge in [-0.1, -0.05) is 36.4 Å². The van der Waals surface area contributed by atoms with Gasteiger partial charge < -0.3 is 14.7 Å². The maximum atomic E-state index is 10.9. The van der Waals surface area contributed by atoms with E-state index in [1.165, 1.54) is 5.56 Å². The van der Waals surface area contributed by atoms with E-state index in [2.05, 4.69) is 52.3 Å². The SMILES string of the molecule is O=C(O)CCC1CCCN1c1ccc(OCc2cccnc2SCc2ccccc2)cc1. The topological polar surface area (TPSA) is 62.7 Å². The molecule has 6 heteroatoms. The molecular weight excluding hydrogens is 420 g/mol. The molecule has 0 spiro atoms. The Labute approximate surface area is 193 Å². The quantitative estimate of drug-likeness (QED) is 0.396. The first-order valence-corrected chi connectivity index (χ1v) is 12.0. The zero-order chi connectivity index (χ0) is 22.2. The lowest BCUT2D eigenvalue weighted by Crippen LogP contribution is -2.29. The summed E-state index contributed by atoms with van der Waals surface area (Å²) < 4.78 is 6.06. The van der Waals surface area contributed by atoms with Gasteiger partial charge in [0, 0.05) is 42.2 Å². The van der Waals surface area contributed by atoms with Crippen molar-refractivity contribution in [3.05, 3.63) is 84.1 Å². The normalized spacial score (nSPS) is 15.6. The molecule has 2 aromatic carbocycles. The summed E-state index contributed by atoms with van der Waals surface area (Å²) in [5.74, 6) is 0.966. The molecule has 4 rings (SSSR count). The Morgan fingerprint density at radius 3 is 2.69 bits per heavy atom. The molecule has 1 fully saturated rings. The zero-order valence-electron chi connectivity index (χ0n) is 18.0. The highest BCUT2D eigenvalue weighted by molar-refractivity contribution is 7.98. The molecule has 3 aromatic rings. The predicted molar refractivity (Wildman–Crippen MR) is 128 cm³/mol. The van der Waals surface area contributed by atoms with E-state index in [-0.39, 0.29) is 6.42 Å². The van der Waals surface area contributed by atoms with Crippen LogP contribution in [0.1, 0.15) is 36.8 Å². The maximum absolute atomic E-state index is 10.9. The second-order valence-corrected chi connectivity index (χ2v) is 8.91. The number of thioether (sulfide) groups is 1. The Morgan fingerprint density at radius 2 is 1.91 bits per heavy atom. The first-order valence-electron chi connectivity index (χ1n) is 11.0. The third kappa shape index (κ3) is 6.04. The van der Waals surface area contributed by atoms with E-state index in [4.69, 9.17) is 9.84 Å². The third-order valence-electron chi connectivity index (χ3n) is 5.70. The molecule has 1 aromatic heterocycles. The van der Waals surface area contributed by atoms with Crippen LogP contribution in [0.15, 0.2) is 78.0 Å². The first-order chi connectivity index (χ1) is 15.7. The highest BCUT2D eigenvalue weighted by atomic mass is 32.2. The van der Waals surface area contributed by atoms with Gasteiger partial charge in [0.25, 0.3) is 0 Å². The molecule has 1 unspecified atom stereocenters. The second kappa shape index (κ2) is 11.0. The first kappa shape index (κ1) is 22.2. The number of anilines is 1. The lowest BCUT2D eigenvalue weighted by Gasteiger charge is -2.26. The molecule has 0 saturated carbocycles. The van der Waals surface area contributed by atoms with Gasteiger partial charge in [-0.2, -0.15) is 0 Å². The molecule has 0 bridgehead atoms. The van der Waals surface area contributed by atoms with E-state index in [1.807, 2.05) is 30.5 Å². The lowest BCUT2D eigenvalue weighted by molar-refractivity contribution is -0.137. The summed E-state index contributed by atoms with van der Waals surface area (Å²) >= 11 is 1.72. The van der Waals surface area contributed by atoms with Gasteiger partial charge in [0.15, 0.2) is 0 Å². The van der Waals surface area contributed by atoms with Crippen LogP contribution in [0.2, 0.25) is 0 Å². The molecule has 0 aliphatic carbocycles. The number of benzene rings is 2. The highest BCUT2D eigenvalue weighted by Crippen LogP contribution is 2.30. The Kier molecular flexibility index (Phi) is 7.67. The number of rotatable bonds is 10. The van der Waals surface area contributed by atoms with Crippen molar-refractivity contribution in [1.29, 1.82) is 0 Å². The Morgan fingerprint density at radius 1 is 1.09 bits per heavy atom. The average Bonchev–Trinajstić information content (AvgIpc) is 3.30. The third-order valence-corrected chi connectivity index (χ3v) is 6.82. The number of pyridine rings is 1. The van der Waals surface area contributed by atoms with Crippen LogP contribution in [0.4, 0.5) is 5.69 Å². The van der Waals surface area contributed by atoms with Crippen molar-refractivity contribution in [2.45, 2.75) is 49.1 Å². The van der Waals surface area contributed by atoms with Crippen LogP contribution in [0, 0.1) is 0 Å². The van der Waals surface area contributed by atoms with Crippen LogP contribution in [-0.4, -0.2) is 28.6 Å². The van der Waals surface area contributed by atoms with Gasteiger partial charge in [-0.05, 0) is 55.2 Å². The summed E-state index contributed by atoms with van der Waals surface area (Å²) in [5, 5.41) is 9.98. The average molecular weight is 449 g/mol. The Hall–Kier alpha value is -2.99. The smallest absolute Gasteiger partial charge is 0.303 e. The predicted octanol–water partition coefficient (Wildman–Crippen LogP) is 5.79. The van der Waals surface area contributed by atoms with Gasteiger partial charge in [0.05, 0.1) is 0 Å². The van der Waals surface area contributed by atoms with E-state index in [9.17, 15) is 4.79 Å². The molecule has 1 aliphatic heterocycles. The minimum Gasteiger partial charge on any atom is -0.489 e. The molecule has 1 N–H and O–H groups in total. The molecular formula is C26H28N2O3S. The number of carboxylic acids is 1. The van der Waals surface area contributed by atoms with E-state index in [0.29, 0.717) is 19.1 Å². The van der Waals surface area contributed by atoms with Crippen LogP contribution in [-0.2, 0) is 17.2 Å². The van der Waals surface area contributed by atoms with Crippen molar-refractivity contribution in [1.82, 2.24) is 4.98 Å². The van der Waals surface area contributed by atoms with Crippen molar-refractivity contribution < 1.29 is 14.6 Å². The van der Waals surface area contributed by atoms with Crippen molar-refractivity contribution in [2.75, 3.05) is 11.4 Å². The van der Waals surface area contributed by atoms with Crippen LogP contribution in [0.25, 0.3) is 0 Å². The molecule has 1 atom stereocenters. The molecule has 1 saturated heterocycles. The van der Waals surface area contributed by atoms with Crippen LogP contribution >= 0.6 is 11.8 Å². The minimum absolute atomic E-state index is 0.220. The van der Waals surface area contributed by atoms with E-state index in [0.717, 1.165) is 47.2 Å². The Bertz CT molecular complexity index is 1010. The number of hydrogen-bond donors (Lipinski definition) is 1. The van der Waals surface area contributed by atoms with Crippen molar-refractivity contribution in [3.63, 3.8) is 0 Å². The second-order valence-electron chi connectivity index (χ2n) is 7.95. The summed E-state index contributed by atoms with van der Waals surface area (Å²) in [6.45, 7) is 1.44. The van der Waals surface area contributed by atoms with Gasteiger partial charge in [0.1, 0.15) is 17.4 Å². The standard InChI is InChI=1S/C26H28N2O3S/c29-25(30)15-12-22-9-5-17-28(22)23-10-13-24(14-11-23)31-18-21-8-4-16-27-26(21)32-19-20-6-2-1-3-7-20/h1-4,6-8,10-11,13-14,16,22H,5,9,12,15,17-19H2,(H,29,30). The number of nitrogens with zero attached hydrogens (tertiary/aromatic N) is 2. The van der Waals surface area contributed by atoms with Gasteiger partial charge in [-0.15, -0.1) is 11.8 Å².